The van der Waals surface area contributed by atoms with Crippen LogP contribution >= 0.6 is 0 Å². The number of furan rings is 2. The Morgan fingerprint density at radius 2 is 0.944 bits per heavy atom. The van der Waals surface area contributed by atoms with E-state index < -0.39 is 0 Å². The predicted molar refractivity (Wildman–Crippen MR) is 297 cm³/mol. The maximum absolute atomic E-state index is 6.84. The Bertz CT molecular complexity index is 4120. The number of nitrogens with zero attached hydrogens (tertiary/aromatic N) is 1. The summed E-state index contributed by atoms with van der Waals surface area (Å²) in [5.41, 5.74) is 27.2. The molecule has 11 aromatic rings. The molecule has 0 saturated heterocycles. The fourth-order valence-electron chi connectivity index (χ4n) is 13.3. The lowest BCUT2D eigenvalue weighted by Crippen LogP contribution is -2.21. The first-order valence-corrected chi connectivity index (χ1v) is 25.4. The van der Waals surface area contributed by atoms with Crippen molar-refractivity contribution in [2.45, 2.75) is 90.9 Å². The fourth-order valence-corrected chi connectivity index (χ4v) is 13.3. The minimum atomic E-state index is -0.301. The standard InChI is InChI=1S/C68H57NO2/c1-38-23-25-39(26-24-38)46-35-55-60(63-45-18-12-16-22-58(45)71-64(46)63)43-30-28-41(34-52(43)68(55,9)10)69(56-20-14-13-19-49(56)65(2,3)4)40-27-29-42-47-36-54-48(37-53(47)67(7,8)51(42)33-40)61-50(66(54,5)6)31-32-59-62(61)44-17-11-15-21-57(44)70-59/h11-37H,1-10H3. The van der Waals surface area contributed by atoms with Gasteiger partial charge in [-0.1, -0.05) is 165 Å². The third kappa shape index (κ3) is 5.66. The van der Waals surface area contributed by atoms with Crippen molar-refractivity contribution >= 4 is 60.9 Å². The molecule has 0 spiro atoms. The second kappa shape index (κ2) is 14.0. The van der Waals surface area contributed by atoms with E-state index in [-0.39, 0.29) is 21.7 Å². The largest absolute Gasteiger partial charge is 0.456 e. The average Bonchev–Trinajstić information content (AvgIpc) is 4.10. The van der Waals surface area contributed by atoms with E-state index in [0.717, 1.165) is 44.7 Å². The smallest absolute Gasteiger partial charge is 0.143 e. The lowest BCUT2D eigenvalue weighted by Gasteiger charge is -2.33. The van der Waals surface area contributed by atoms with Gasteiger partial charge in [-0.2, -0.15) is 0 Å². The summed E-state index contributed by atoms with van der Waals surface area (Å²) in [6.07, 6.45) is 0. The molecule has 71 heavy (non-hydrogen) atoms. The molecule has 346 valence electrons. The van der Waals surface area contributed by atoms with E-state index in [0.29, 0.717) is 0 Å². The maximum atomic E-state index is 6.84. The normalized spacial score (nSPS) is 15.5. The van der Waals surface area contributed by atoms with Gasteiger partial charge in [0.2, 0.25) is 0 Å². The number of hydrogen-bond donors (Lipinski definition) is 0. The van der Waals surface area contributed by atoms with Crippen LogP contribution in [-0.4, -0.2) is 0 Å². The molecule has 0 amide bonds. The van der Waals surface area contributed by atoms with E-state index in [1.165, 1.54) is 105 Å². The summed E-state index contributed by atoms with van der Waals surface area (Å²) in [5, 5.41) is 4.76. The van der Waals surface area contributed by atoms with E-state index in [4.69, 9.17) is 8.83 Å². The van der Waals surface area contributed by atoms with Crippen molar-refractivity contribution in [1.82, 2.24) is 0 Å². The van der Waals surface area contributed by atoms with Gasteiger partial charge >= 0.3 is 0 Å². The van der Waals surface area contributed by atoms with Crippen molar-refractivity contribution in [3.05, 3.63) is 208 Å². The Kier molecular flexibility index (Phi) is 8.36. The Labute approximate surface area is 416 Å². The van der Waals surface area contributed by atoms with Crippen molar-refractivity contribution in [3.8, 4) is 44.5 Å². The summed E-state index contributed by atoms with van der Waals surface area (Å²) in [6.45, 7) is 23.6. The second-order valence-corrected chi connectivity index (χ2v) is 23.4. The Hall–Kier alpha value is -7.62. The Balaban J connectivity index is 0.952. The Morgan fingerprint density at radius 1 is 0.408 bits per heavy atom. The van der Waals surface area contributed by atoms with Crippen LogP contribution in [0.3, 0.4) is 0 Å². The number of aryl methyl sites for hydroxylation is 1. The van der Waals surface area contributed by atoms with Gasteiger partial charge in [-0.15, -0.1) is 0 Å². The number of rotatable bonds is 4. The minimum absolute atomic E-state index is 0.108. The Morgan fingerprint density at radius 3 is 1.66 bits per heavy atom. The van der Waals surface area contributed by atoms with Crippen LogP contribution < -0.4 is 4.90 Å². The number of hydrogen-bond acceptors (Lipinski definition) is 3. The molecular formula is C68H57NO2. The van der Waals surface area contributed by atoms with Gasteiger partial charge in [0.15, 0.2) is 0 Å². The van der Waals surface area contributed by atoms with Crippen LogP contribution in [0.5, 0.6) is 0 Å². The second-order valence-electron chi connectivity index (χ2n) is 23.4. The van der Waals surface area contributed by atoms with Gasteiger partial charge in [-0.05, 0) is 157 Å². The monoisotopic (exact) mass is 919 g/mol. The molecular weight excluding hydrogens is 863 g/mol. The van der Waals surface area contributed by atoms with Gasteiger partial charge in [-0.3, -0.25) is 0 Å². The third-order valence-corrected chi connectivity index (χ3v) is 17.1. The first-order valence-electron chi connectivity index (χ1n) is 25.4. The summed E-state index contributed by atoms with van der Waals surface area (Å²) >= 11 is 0. The highest BCUT2D eigenvalue weighted by Gasteiger charge is 2.44. The van der Waals surface area contributed by atoms with E-state index in [9.17, 15) is 0 Å². The molecule has 3 heteroatoms. The topological polar surface area (TPSA) is 29.5 Å². The highest BCUT2D eigenvalue weighted by Crippen LogP contribution is 2.60. The van der Waals surface area contributed by atoms with Crippen LogP contribution in [0.25, 0.3) is 88.4 Å². The molecule has 0 atom stereocenters. The summed E-state index contributed by atoms with van der Waals surface area (Å²) in [6, 6.07) is 61.5. The van der Waals surface area contributed by atoms with Crippen molar-refractivity contribution in [3.63, 3.8) is 0 Å². The average molecular weight is 920 g/mol. The molecule has 0 saturated carbocycles. The molecule has 0 unspecified atom stereocenters. The molecule has 0 N–H and O–H groups in total. The molecule has 2 heterocycles. The summed E-state index contributed by atoms with van der Waals surface area (Å²) < 4.78 is 13.3. The minimum Gasteiger partial charge on any atom is -0.456 e. The van der Waals surface area contributed by atoms with Crippen LogP contribution in [0.4, 0.5) is 17.1 Å². The van der Waals surface area contributed by atoms with Gasteiger partial charge in [-0.25, -0.2) is 0 Å². The lowest BCUT2D eigenvalue weighted by molar-refractivity contribution is 0.591. The van der Waals surface area contributed by atoms with Crippen molar-refractivity contribution in [2.24, 2.45) is 0 Å². The number of benzene rings is 9. The van der Waals surface area contributed by atoms with Crippen molar-refractivity contribution < 1.29 is 8.83 Å². The zero-order valence-electron chi connectivity index (χ0n) is 42.4. The molecule has 0 fully saturated rings. The SMILES string of the molecule is Cc1ccc(-c2cc3c(c4c2oc2ccccc24)-c2ccc(N(c4ccc5c(c4)C(C)(C)c4cc6c(cc4-5)C(C)(C)c4ccc5oc7ccccc7c5c4-6)c4ccccc4C(C)(C)C)cc2C3(C)C)cc1. The van der Waals surface area contributed by atoms with Crippen LogP contribution in [0, 0.1) is 6.92 Å². The quantitative estimate of drug-likeness (QED) is 0.176. The maximum Gasteiger partial charge on any atom is 0.143 e. The fraction of sp³-hybridized carbons (Fsp3) is 0.206. The van der Waals surface area contributed by atoms with Gasteiger partial charge in [0, 0.05) is 60.4 Å². The molecule has 3 nitrogen and oxygen atoms in total. The van der Waals surface area contributed by atoms with Crippen LogP contribution in [0.15, 0.2) is 173 Å². The first-order chi connectivity index (χ1) is 34.0. The molecule has 0 bridgehead atoms. The first kappa shape index (κ1) is 42.3. The van der Waals surface area contributed by atoms with E-state index in [1.54, 1.807) is 0 Å². The third-order valence-electron chi connectivity index (χ3n) is 17.1. The van der Waals surface area contributed by atoms with E-state index in [2.05, 4.69) is 238 Å². The predicted octanol–water partition coefficient (Wildman–Crippen LogP) is 19.1. The molecule has 3 aliphatic rings. The number of para-hydroxylation sites is 3. The van der Waals surface area contributed by atoms with Crippen molar-refractivity contribution in [2.75, 3.05) is 4.90 Å². The lowest BCUT2D eigenvalue weighted by atomic mass is 9.79. The van der Waals surface area contributed by atoms with Crippen molar-refractivity contribution in [1.29, 1.82) is 0 Å². The molecule has 14 rings (SSSR count). The van der Waals surface area contributed by atoms with Gasteiger partial charge < -0.3 is 13.7 Å². The highest BCUT2D eigenvalue weighted by molar-refractivity contribution is 6.19. The summed E-state index contributed by atoms with van der Waals surface area (Å²) in [4.78, 5) is 2.54. The molecule has 0 aliphatic heterocycles. The summed E-state index contributed by atoms with van der Waals surface area (Å²) in [5.74, 6) is 0. The zero-order chi connectivity index (χ0) is 48.7. The van der Waals surface area contributed by atoms with Crippen LogP contribution in [-0.2, 0) is 21.7 Å². The van der Waals surface area contributed by atoms with Gasteiger partial charge in [0.25, 0.3) is 0 Å². The van der Waals surface area contributed by atoms with E-state index >= 15 is 0 Å². The van der Waals surface area contributed by atoms with Gasteiger partial charge in [0.05, 0.1) is 0 Å². The van der Waals surface area contributed by atoms with Gasteiger partial charge in [0.1, 0.15) is 22.3 Å². The zero-order valence-corrected chi connectivity index (χ0v) is 42.4. The molecule has 2 aromatic heterocycles. The highest BCUT2D eigenvalue weighted by atomic mass is 16.3. The van der Waals surface area contributed by atoms with E-state index in [1.807, 2.05) is 0 Å². The number of fused-ring (bicyclic) bond motifs is 17. The molecule has 9 aromatic carbocycles. The molecule has 0 radical (unpaired) electrons. The van der Waals surface area contributed by atoms with Crippen LogP contribution in [0.1, 0.15) is 107 Å². The summed E-state index contributed by atoms with van der Waals surface area (Å²) in [7, 11) is 0. The molecule has 3 aliphatic carbocycles. The number of anilines is 3. The van der Waals surface area contributed by atoms with Crippen LogP contribution in [0.2, 0.25) is 0 Å².